The molecule has 0 bridgehead atoms. The number of allylic oxidation sites excluding steroid dienone is 3. The van der Waals surface area contributed by atoms with Crippen LogP contribution in [0.25, 0.3) is 11.2 Å². The van der Waals surface area contributed by atoms with Gasteiger partial charge >= 0.3 is 12.2 Å². The number of hydrogen-bond acceptors (Lipinski definition) is 7. The summed E-state index contributed by atoms with van der Waals surface area (Å²) in [7, 11) is 1.76. The first-order valence-electron chi connectivity index (χ1n) is 13.2. The normalized spacial score (nSPS) is 18.0. The molecule has 40 heavy (non-hydrogen) atoms. The molecule has 1 aliphatic heterocycles. The van der Waals surface area contributed by atoms with E-state index in [9.17, 15) is 18.0 Å². The Morgan fingerprint density at radius 1 is 1.15 bits per heavy atom. The first-order valence-corrected chi connectivity index (χ1v) is 13.2. The van der Waals surface area contributed by atoms with Gasteiger partial charge in [0.05, 0.1) is 17.9 Å². The number of alkyl halides is 3. The van der Waals surface area contributed by atoms with Crippen LogP contribution in [-0.2, 0) is 12.7 Å². The maximum atomic E-state index is 13.8. The summed E-state index contributed by atoms with van der Waals surface area (Å²) >= 11 is 0. The molecule has 10 nitrogen and oxygen atoms in total. The largest absolute Gasteiger partial charge is 0.416 e. The minimum absolute atomic E-state index is 0.0649. The molecule has 1 fully saturated rings. The number of carbonyl (C=O) groups is 1. The van der Waals surface area contributed by atoms with E-state index in [0.29, 0.717) is 41.6 Å². The standard InChI is InChI=1S/C27H32F3N9O/c1-31-24-23-25(35-15-34-24)39(16-36-23)21-6-4-19(5-7-21)37-26(40)38-20-3-2-18(22(12-20)27(28,29)30)14-33-13-17-8-10-32-11-9-17/h2-6,12,15-17,21,32-33H,7-11,13-14H2,1H3,(H,31,34,35)(H2,37,38,40). The van der Waals surface area contributed by atoms with Crippen LogP contribution in [0.1, 0.15) is 36.4 Å². The Morgan fingerprint density at radius 3 is 2.70 bits per heavy atom. The van der Waals surface area contributed by atoms with Crippen molar-refractivity contribution in [1.29, 1.82) is 0 Å². The Balaban J connectivity index is 1.18. The van der Waals surface area contributed by atoms with Gasteiger partial charge in [0.15, 0.2) is 11.5 Å². The number of benzene rings is 1. The average Bonchev–Trinajstić information content (AvgIpc) is 3.38. The van der Waals surface area contributed by atoms with Gasteiger partial charge in [0.1, 0.15) is 11.8 Å². The Kier molecular flexibility index (Phi) is 8.31. The summed E-state index contributed by atoms with van der Waals surface area (Å²) in [5, 5.41) is 14.7. The van der Waals surface area contributed by atoms with Crippen molar-refractivity contribution in [3.63, 3.8) is 0 Å². The summed E-state index contributed by atoms with van der Waals surface area (Å²) in [6.45, 7) is 2.65. The molecule has 1 aromatic carbocycles. The van der Waals surface area contributed by atoms with Gasteiger partial charge in [-0.1, -0.05) is 18.2 Å². The quantitative estimate of drug-likeness (QED) is 0.283. The lowest BCUT2D eigenvalue weighted by molar-refractivity contribution is -0.138. The highest BCUT2D eigenvalue weighted by atomic mass is 19.4. The molecule has 212 valence electrons. The lowest BCUT2D eigenvalue weighted by Crippen LogP contribution is -2.33. The van der Waals surface area contributed by atoms with Crippen molar-refractivity contribution in [2.75, 3.05) is 37.3 Å². The fourth-order valence-corrected chi connectivity index (χ4v) is 5.05. The number of rotatable bonds is 8. The molecule has 0 spiro atoms. The smallest absolute Gasteiger partial charge is 0.371 e. The predicted molar refractivity (Wildman–Crippen MR) is 147 cm³/mol. The highest BCUT2D eigenvalue weighted by molar-refractivity contribution is 5.91. The number of carbonyl (C=O) groups excluding carboxylic acids is 1. The summed E-state index contributed by atoms with van der Waals surface area (Å²) in [6, 6.07) is 3.19. The minimum Gasteiger partial charge on any atom is -0.371 e. The van der Waals surface area contributed by atoms with Crippen molar-refractivity contribution < 1.29 is 18.0 Å². The van der Waals surface area contributed by atoms with E-state index in [-0.39, 0.29) is 23.8 Å². The van der Waals surface area contributed by atoms with Crippen molar-refractivity contribution in [2.45, 2.75) is 38.0 Å². The Morgan fingerprint density at radius 2 is 1.98 bits per heavy atom. The SMILES string of the molecule is CNc1ncnc2c1ncn2C1C=CC(NC(=O)Nc2ccc(CNCC3CCNCC3)c(C(F)(F)F)c2)=CC1. The molecule has 1 unspecified atom stereocenters. The van der Waals surface area contributed by atoms with Gasteiger partial charge < -0.3 is 31.2 Å². The van der Waals surface area contributed by atoms with E-state index >= 15 is 0 Å². The van der Waals surface area contributed by atoms with Crippen LogP contribution in [0.15, 0.2) is 54.8 Å². The third-order valence-electron chi connectivity index (χ3n) is 7.17. The molecule has 5 rings (SSSR count). The number of nitrogens with one attached hydrogen (secondary N) is 5. The van der Waals surface area contributed by atoms with E-state index in [1.54, 1.807) is 19.5 Å². The number of amides is 2. The van der Waals surface area contributed by atoms with Gasteiger partial charge in [-0.25, -0.2) is 19.7 Å². The van der Waals surface area contributed by atoms with Crippen LogP contribution in [0.3, 0.4) is 0 Å². The summed E-state index contributed by atoms with van der Waals surface area (Å²) in [5.41, 5.74) is 1.33. The molecular weight excluding hydrogens is 523 g/mol. The molecule has 2 aliphatic rings. The van der Waals surface area contributed by atoms with E-state index in [2.05, 4.69) is 41.5 Å². The van der Waals surface area contributed by atoms with Gasteiger partial charge in [-0.3, -0.25) is 0 Å². The lowest BCUT2D eigenvalue weighted by Gasteiger charge is -2.23. The number of nitrogens with zero attached hydrogens (tertiary/aromatic N) is 4. The number of fused-ring (bicyclic) bond motifs is 1. The minimum atomic E-state index is -4.54. The number of imidazole rings is 1. The molecule has 3 heterocycles. The highest BCUT2D eigenvalue weighted by Crippen LogP contribution is 2.34. The first-order chi connectivity index (χ1) is 19.3. The van der Waals surface area contributed by atoms with Gasteiger partial charge in [0.25, 0.3) is 0 Å². The number of piperidine rings is 1. The van der Waals surface area contributed by atoms with Crippen molar-refractivity contribution in [3.8, 4) is 0 Å². The molecule has 1 saturated heterocycles. The fourth-order valence-electron chi connectivity index (χ4n) is 5.05. The first kappa shape index (κ1) is 27.6. The van der Waals surface area contributed by atoms with Crippen molar-refractivity contribution >= 4 is 28.7 Å². The predicted octanol–water partition coefficient (Wildman–Crippen LogP) is 4.18. The molecule has 1 aliphatic carbocycles. The molecule has 13 heteroatoms. The van der Waals surface area contributed by atoms with E-state index in [0.717, 1.165) is 32.0 Å². The van der Waals surface area contributed by atoms with Gasteiger partial charge in [-0.15, -0.1) is 0 Å². The monoisotopic (exact) mass is 555 g/mol. The molecule has 5 N–H and O–H groups in total. The van der Waals surface area contributed by atoms with Gasteiger partial charge in [-0.05, 0) is 68.6 Å². The molecular formula is C27H32F3N9O. The molecule has 3 aromatic rings. The van der Waals surface area contributed by atoms with Crippen molar-refractivity contribution in [2.24, 2.45) is 5.92 Å². The van der Waals surface area contributed by atoms with Crippen molar-refractivity contribution in [3.05, 3.63) is 65.9 Å². The Bertz CT molecular complexity index is 1410. The van der Waals surface area contributed by atoms with Gasteiger partial charge in [-0.2, -0.15) is 13.2 Å². The topological polar surface area (TPSA) is 121 Å². The maximum absolute atomic E-state index is 13.8. The van der Waals surface area contributed by atoms with E-state index in [1.807, 2.05) is 16.7 Å². The molecule has 2 amide bonds. The molecule has 2 aromatic heterocycles. The lowest BCUT2D eigenvalue weighted by atomic mass is 9.98. The third-order valence-corrected chi connectivity index (χ3v) is 7.17. The van der Waals surface area contributed by atoms with Crippen LogP contribution < -0.4 is 26.6 Å². The molecule has 0 saturated carbocycles. The second kappa shape index (κ2) is 12.0. The van der Waals surface area contributed by atoms with Crippen LogP contribution in [-0.4, -0.2) is 52.2 Å². The van der Waals surface area contributed by atoms with E-state index in [1.165, 1.54) is 18.5 Å². The highest BCUT2D eigenvalue weighted by Gasteiger charge is 2.33. The van der Waals surface area contributed by atoms with E-state index in [4.69, 9.17) is 0 Å². The van der Waals surface area contributed by atoms with E-state index < -0.39 is 17.8 Å². The van der Waals surface area contributed by atoms with Crippen LogP contribution in [0.2, 0.25) is 0 Å². The van der Waals surface area contributed by atoms with Gasteiger partial charge in [0, 0.05) is 25.0 Å². The third kappa shape index (κ3) is 6.42. The number of anilines is 2. The number of halogens is 3. The zero-order valence-electron chi connectivity index (χ0n) is 22.1. The summed E-state index contributed by atoms with van der Waals surface area (Å²) < 4.78 is 43.4. The van der Waals surface area contributed by atoms with Gasteiger partial charge in [0.2, 0.25) is 0 Å². The molecule has 1 atom stereocenters. The summed E-state index contributed by atoms with van der Waals surface area (Å²) in [6.07, 6.45) is 6.70. The second-order valence-electron chi connectivity index (χ2n) is 9.89. The molecule has 0 radical (unpaired) electrons. The number of urea groups is 1. The summed E-state index contributed by atoms with van der Waals surface area (Å²) in [5.74, 6) is 1.09. The van der Waals surface area contributed by atoms with Crippen LogP contribution in [0.4, 0.5) is 29.5 Å². The van der Waals surface area contributed by atoms with Crippen LogP contribution >= 0.6 is 0 Å². The number of hydrogen-bond donors (Lipinski definition) is 5. The second-order valence-corrected chi connectivity index (χ2v) is 9.89. The van der Waals surface area contributed by atoms with Crippen molar-refractivity contribution in [1.82, 2.24) is 35.5 Å². The Labute approximate surface area is 229 Å². The van der Waals surface area contributed by atoms with Crippen LogP contribution in [0, 0.1) is 5.92 Å². The van der Waals surface area contributed by atoms with Crippen LogP contribution in [0.5, 0.6) is 0 Å². The number of aromatic nitrogens is 4. The fraction of sp³-hybridized carbons (Fsp3) is 0.407. The maximum Gasteiger partial charge on any atom is 0.416 e. The zero-order valence-corrected chi connectivity index (χ0v) is 22.1. The average molecular weight is 556 g/mol. The summed E-state index contributed by atoms with van der Waals surface area (Å²) in [4.78, 5) is 25.5. The zero-order chi connectivity index (χ0) is 28.1. The Hall–Kier alpha value is -3.97.